The van der Waals surface area contributed by atoms with E-state index in [9.17, 15) is 0 Å². The third-order valence-corrected chi connectivity index (χ3v) is 4.05. The van der Waals surface area contributed by atoms with Gasteiger partial charge in [0.1, 0.15) is 0 Å². The standard InChI is InChI=1S/C13H20N2S/c1-3-11-4-5-12-13(10-11)16-9-8-15(12)7-6-14-2/h4-5,10,14H,3,6-9H2,1-2H3. The molecule has 88 valence electrons. The number of hydrogen-bond donors (Lipinski definition) is 1. The molecule has 0 radical (unpaired) electrons. The van der Waals surface area contributed by atoms with Crippen LogP contribution in [0.4, 0.5) is 5.69 Å². The summed E-state index contributed by atoms with van der Waals surface area (Å²) in [5.41, 5.74) is 2.87. The monoisotopic (exact) mass is 236 g/mol. The van der Waals surface area contributed by atoms with Gasteiger partial charge in [-0.2, -0.15) is 0 Å². The Morgan fingerprint density at radius 3 is 3.06 bits per heavy atom. The van der Waals surface area contributed by atoms with Crippen LogP contribution in [0.5, 0.6) is 0 Å². The van der Waals surface area contributed by atoms with E-state index in [-0.39, 0.29) is 0 Å². The Labute approximate surface area is 102 Å². The third-order valence-electron chi connectivity index (χ3n) is 3.02. The first kappa shape index (κ1) is 11.8. The Morgan fingerprint density at radius 1 is 1.44 bits per heavy atom. The highest BCUT2D eigenvalue weighted by atomic mass is 32.2. The molecular formula is C13H20N2S. The predicted molar refractivity (Wildman–Crippen MR) is 72.7 cm³/mol. The zero-order valence-corrected chi connectivity index (χ0v) is 10.9. The summed E-state index contributed by atoms with van der Waals surface area (Å²) in [7, 11) is 2.01. The Hall–Kier alpha value is -0.670. The SMILES string of the molecule is CCc1ccc2c(c1)SCCN2CCNC. The van der Waals surface area contributed by atoms with Crippen LogP contribution < -0.4 is 10.2 Å². The van der Waals surface area contributed by atoms with E-state index in [0.717, 1.165) is 19.5 Å². The van der Waals surface area contributed by atoms with Crippen molar-refractivity contribution >= 4 is 17.4 Å². The van der Waals surface area contributed by atoms with Crippen LogP contribution in [0.25, 0.3) is 0 Å². The zero-order chi connectivity index (χ0) is 11.4. The van der Waals surface area contributed by atoms with Gasteiger partial charge in [-0.15, -0.1) is 11.8 Å². The second kappa shape index (κ2) is 5.60. The molecule has 1 heterocycles. The molecule has 0 unspecified atom stereocenters. The number of fused-ring (bicyclic) bond motifs is 1. The molecule has 1 aliphatic rings. The number of likely N-dealkylation sites (N-methyl/N-ethyl adjacent to an activating group) is 1. The molecule has 16 heavy (non-hydrogen) atoms. The van der Waals surface area contributed by atoms with E-state index < -0.39 is 0 Å². The predicted octanol–water partition coefficient (Wildman–Crippen LogP) is 2.38. The van der Waals surface area contributed by atoms with Crippen LogP contribution in [-0.4, -0.2) is 32.4 Å². The van der Waals surface area contributed by atoms with Crippen molar-refractivity contribution < 1.29 is 0 Å². The molecule has 1 aromatic rings. The molecule has 0 aliphatic carbocycles. The number of nitrogens with one attached hydrogen (secondary N) is 1. The molecule has 1 aromatic carbocycles. The molecule has 1 N–H and O–H groups in total. The molecule has 0 saturated carbocycles. The van der Waals surface area contributed by atoms with E-state index in [0.29, 0.717) is 0 Å². The summed E-state index contributed by atoms with van der Waals surface area (Å²) in [4.78, 5) is 3.95. The highest BCUT2D eigenvalue weighted by Gasteiger charge is 2.16. The summed E-state index contributed by atoms with van der Waals surface area (Å²) >= 11 is 1.99. The van der Waals surface area contributed by atoms with Crippen molar-refractivity contribution in [3.05, 3.63) is 23.8 Å². The van der Waals surface area contributed by atoms with Crippen LogP contribution in [0, 0.1) is 0 Å². The van der Waals surface area contributed by atoms with Gasteiger partial charge in [-0.25, -0.2) is 0 Å². The maximum Gasteiger partial charge on any atom is 0.0505 e. The van der Waals surface area contributed by atoms with Gasteiger partial charge in [-0.1, -0.05) is 13.0 Å². The number of anilines is 1. The molecule has 0 atom stereocenters. The first-order chi connectivity index (χ1) is 7.85. The molecule has 2 rings (SSSR count). The lowest BCUT2D eigenvalue weighted by atomic mass is 10.1. The average molecular weight is 236 g/mol. The Balaban J connectivity index is 2.18. The van der Waals surface area contributed by atoms with Gasteiger partial charge in [-0.05, 0) is 31.2 Å². The number of rotatable bonds is 4. The average Bonchev–Trinajstić information content (AvgIpc) is 2.35. The molecule has 0 amide bonds. The van der Waals surface area contributed by atoms with Crippen LogP contribution in [0.2, 0.25) is 0 Å². The van der Waals surface area contributed by atoms with Crippen molar-refractivity contribution in [3.8, 4) is 0 Å². The fourth-order valence-corrected chi connectivity index (χ4v) is 3.13. The van der Waals surface area contributed by atoms with E-state index in [4.69, 9.17) is 0 Å². The Morgan fingerprint density at radius 2 is 2.31 bits per heavy atom. The van der Waals surface area contributed by atoms with Gasteiger partial charge < -0.3 is 10.2 Å². The molecule has 0 fully saturated rings. The van der Waals surface area contributed by atoms with Gasteiger partial charge in [0.25, 0.3) is 0 Å². The minimum Gasteiger partial charge on any atom is -0.369 e. The van der Waals surface area contributed by atoms with Crippen LogP contribution >= 0.6 is 11.8 Å². The molecule has 0 aromatic heterocycles. The molecule has 2 nitrogen and oxygen atoms in total. The largest absolute Gasteiger partial charge is 0.369 e. The van der Waals surface area contributed by atoms with Crippen molar-refractivity contribution in [1.29, 1.82) is 0 Å². The van der Waals surface area contributed by atoms with E-state index in [2.05, 4.69) is 35.3 Å². The first-order valence-electron chi connectivity index (χ1n) is 6.00. The molecule has 0 bridgehead atoms. The van der Waals surface area contributed by atoms with Gasteiger partial charge >= 0.3 is 0 Å². The lowest BCUT2D eigenvalue weighted by Gasteiger charge is -2.31. The van der Waals surface area contributed by atoms with Crippen molar-refractivity contribution in [2.24, 2.45) is 0 Å². The van der Waals surface area contributed by atoms with Crippen molar-refractivity contribution in [3.63, 3.8) is 0 Å². The molecule has 3 heteroatoms. The lowest BCUT2D eigenvalue weighted by molar-refractivity contribution is 0.730. The zero-order valence-electron chi connectivity index (χ0n) is 10.1. The molecule has 0 spiro atoms. The Kier molecular flexibility index (Phi) is 4.13. The van der Waals surface area contributed by atoms with E-state index >= 15 is 0 Å². The highest BCUT2D eigenvalue weighted by Crippen LogP contribution is 2.35. The van der Waals surface area contributed by atoms with Gasteiger partial charge in [0, 0.05) is 30.3 Å². The summed E-state index contributed by atoms with van der Waals surface area (Å²) in [5, 5.41) is 3.22. The fourth-order valence-electron chi connectivity index (χ4n) is 2.02. The lowest BCUT2D eigenvalue weighted by Crippen LogP contribution is -2.34. The van der Waals surface area contributed by atoms with Crippen molar-refractivity contribution in [2.45, 2.75) is 18.2 Å². The third kappa shape index (κ3) is 2.53. The first-order valence-corrected chi connectivity index (χ1v) is 6.99. The normalized spacial score (nSPS) is 15.0. The summed E-state index contributed by atoms with van der Waals surface area (Å²) in [6, 6.07) is 6.90. The number of thioether (sulfide) groups is 1. The molecule has 1 aliphatic heterocycles. The number of hydrogen-bond acceptors (Lipinski definition) is 3. The maximum absolute atomic E-state index is 3.22. The van der Waals surface area contributed by atoms with Gasteiger partial charge in [0.05, 0.1) is 5.69 Å². The maximum atomic E-state index is 3.22. The quantitative estimate of drug-likeness (QED) is 0.864. The van der Waals surface area contributed by atoms with Crippen LogP contribution in [0.3, 0.4) is 0 Å². The number of nitrogens with zero attached hydrogens (tertiary/aromatic N) is 1. The van der Waals surface area contributed by atoms with E-state index in [1.54, 1.807) is 0 Å². The van der Waals surface area contributed by atoms with Gasteiger partial charge in [0.2, 0.25) is 0 Å². The fraction of sp³-hybridized carbons (Fsp3) is 0.538. The van der Waals surface area contributed by atoms with Crippen molar-refractivity contribution in [2.75, 3.05) is 37.3 Å². The van der Waals surface area contributed by atoms with E-state index in [1.807, 2.05) is 18.8 Å². The summed E-state index contributed by atoms with van der Waals surface area (Å²) in [6.45, 7) is 5.55. The molecular weight excluding hydrogens is 216 g/mol. The van der Waals surface area contributed by atoms with E-state index in [1.165, 1.54) is 28.4 Å². The van der Waals surface area contributed by atoms with Gasteiger partial charge in [-0.3, -0.25) is 0 Å². The summed E-state index contributed by atoms with van der Waals surface area (Å²) in [6.07, 6.45) is 1.13. The van der Waals surface area contributed by atoms with Crippen LogP contribution in [0.1, 0.15) is 12.5 Å². The highest BCUT2D eigenvalue weighted by molar-refractivity contribution is 7.99. The molecule has 0 saturated heterocycles. The summed E-state index contributed by atoms with van der Waals surface area (Å²) < 4.78 is 0. The second-order valence-electron chi connectivity index (χ2n) is 4.09. The number of benzene rings is 1. The Bertz CT molecular complexity index is 352. The second-order valence-corrected chi connectivity index (χ2v) is 5.23. The van der Waals surface area contributed by atoms with Crippen molar-refractivity contribution in [1.82, 2.24) is 5.32 Å². The summed E-state index contributed by atoms with van der Waals surface area (Å²) in [5.74, 6) is 1.21. The van der Waals surface area contributed by atoms with Gasteiger partial charge in [0.15, 0.2) is 0 Å². The number of aryl methyl sites for hydroxylation is 1. The van der Waals surface area contributed by atoms with Crippen LogP contribution in [-0.2, 0) is 6.42 Å². The smallest absolute Gasteiger partial charge is 0.0505 e. The minimum atomic E-state index is 1.06. The minimum absolute atomic E-state index is 1.06. The topological polar surface area (TPSA) is 15.3 Å². The van der Waals surface area contributed by atoms with Crippen LogP contribution in [0.15, 0.2) is 23.1 Å².